The molecule has 0 amide bonds. The Morgan fingerprint density at radius 3 is 2.67 bits per heavy atom. The van der Waals surface area contributed by atoms with Gasteiger partial charge in [-0.25, -0.2) is 0 Å². The lowest BCUT2D eigenvalue weighted by Crippen LogP contribution is -2.40. The van der Waals surface area contributed by atoms with Crippen LogP contribution >= 0.6 is 0 Å². The largest absolute Gasteiger partial charge is 0.316 e. The van der Waals surface area contributed by atoms with Crippen molar-refractivity contribution in [1.82, 2.24) is 5.32 Å². The molecule has 1 N–H and O–H groups in total. The quantitative estimate of drug-likeness (QED) is 0.736. The van der Waals surface area contributed by atoms with Crippen molar-refractivity contribution in [2.75, 3.05) is 12.8 Å². The first-order chi connectivity index (χ1) is 7.29. The van der Waals surface area contributed by atoms with Gasteiger partial charge >= 0.3 is 0 Å². The van der Waals surface area contributed by atoms with Gasteiger partial charge in [-0.05, 0) is 26.3 Å². The second kappa shape index (κ2) is 7.39. The van der Waals surface area contributed by atoms with Crippen molar-refractivity contribution < 1.29 is 4.21 Å². The molecule has 0 aromatic rings. The fraction of sp³-hybridized carbons (Fsp3) is 1.00. The zero-order valence-corrected chi connectivity index (χ0v) is 10.9. The van der Waals surface area contributed by atoms with Crippen LogP contribution in [0.1, 0.15) is 51.9 Å². The third-order valence-electron chi connectivity index (χ3n) is 3.36. The van der Waals surface area contributed by atoms with Crippen LogP contribution in [-0.4, -0.2) is 28.3 Å². The molecule has 3 atom stereocenters. The van der Waals surface area contributed by atoms with Gasteiger partial charge in [0.05, 0.1) is 5.25 Å². The van der Waals surface area contributed by atoms with Crippen LogP contribution in [0.4, 0.5) is 0 Å². The second-order valence-corrected chi connectivity index (χ2v) is 6.29. The summed E-state index contributed by atoms with van der Waals surface area (Å²) in [5.41, 5.74) is 0. The molecule has 0 bridgehead atoms. The van der Waals surface area contributed by atoms with E-state index >= 15 is 0 Å². The highest BCUT2D eigenvalue weighted by atomic mass is 32.2. The highest BCUT2D eigenvalue weighted by Gasteiger charge is 2.26. The van der Waals surface area contributed by atoms with E-state index in [9.17, 15) is 4.21 Å². The lowest BCUT2D eigenvalue weighted by atomic mass is 10.1. The molecule has 3 unspecified atom stereocenters. The predicted molar refractivity (Wildman–Crippen MR) is 67.6 cm³/mol. The Morgan fingerprint density at radius 1 is 1.27 bits per heavy atom. The molecule has 3 heteroatoms. The van der Waals surface area contributed by atoms with Gasteiger partial charge in [-0.15, -0.1) is 0 Å². The molecule has 90 valence electrons. The van der Waals surface area contributed by atoms with Gasteiger partial charge in [0.1, 0.15) is 0 Å². The van der Waals surface area contributed by atoms with E-state index < -0.39 is 10.8 Å². The Balaban J connectivity index is 2.49. The van der Waals surface area contributed by atoms with E-state index in [0.717, 1.165) is 25.0 Å². The molecule has 0 aliphatic heterocycles. The van der Waals surface area contributed by atoms with E-state index in [2.05, 4.69) is 12.2 Å². The summed E-state index contributed by atoms with van der Waals surface area (Å²) in [6, 6.07) is 0.491. The molecule has 0 saturated heterocycles. The third-order valence-corrected chi connectivity index (χ3v) is 5.29. The van der Waals surface area contributed by atoms with Gasteiger partial charge in [-0.1, -0.05) is 32.6 Å². The summed E-state index contributed by atoms with van der Waals surface area (Å²) in [6.45, 7) is 2.17. The second-order valence-electron chi connectivity index (χ2n) is 4.51. The molecule has 15 heavy (non-hydrogen) atoms. The third kappa shape index (κ3) is 4.23. The van der Waals surface area contributed by atoms with Crippen molar-refractivity contribution >= 4 is 10.8 Å². The smallest absolute Gasteiger partial charge is 0.0501 e. The molecule has 1 aliphatic rings. The minimum atomic E-state index is -0.610. The highest BCUT2D eigenvalue weighted by molar-refractivity contribution is 7.85. The maximum absolute atomic E-state index is 12.2. The van der Waals surface area contributed by atoms with E-state index in [1.165, 1.54) is 25.7 Å². The van der Waals surface area contributed by atoms with E-state index in [4.69, 9.17) is 0 Å². The highest BCUT2D eigenvalue weighted by Crippen LogP contribution is 2.22. The molecule has 2 nitrogen and oxygen atoms in total. The van der Waals surface area contributed by atoms with Crippen LogP contribution in [-0.2, 0) is 10.8 Å². The number of unbranched alkanes of at least 4 members (excludes halogenated alkanes) is 1. The van der Waals surface area contributed by atoms with Gasteiger partial charge in [0, 0.05) is 22.6 Å². The maximum atomic E-state index is 12.2. The molecular weight excluding hydrogens is 206 g/mol. The van der Waals surface area contributed by atoms with Crippen molar-refractivity contribution in [3.05, 3.63) is 0 Å². The Hall–Kier alpha value is 0.110. The summed E-state index contributed by atoms with van der Waals surface area (Å²) in [5.74, 6) is 0.902. The number of hydrogen-bond acceptors (Lipinski definition) is 2. The normalized spacial score (nSPS) is 29.7. The van der Waals surface area contributed by atoms with Gasteiger partial charge in [-0.3, -0.25) is 4.21 Å². The van der Waals surface area contributed by atoms with E-state index in [1.807, 2.05) is 7.05 Å². The molecule has 1 fully saturated rings. The van der Waals surface area contributed by atoms with Crippen LogP contribution < -0.4 is 5.32 Å². The molecule has 0 aromatic heterocycles. The first-order valence-electron chi connectivity index (χ1n) is 6.34. The molecular formula is C12H25NOS. The average Bonchev–Trinajstić information content (AvgIpc) is 2.50. The summed E-state index contributed by atoms with van der Waals surface area (Å²) >= 11 is 0. The van der Waals surface area contributed by atoms with Crippen molar-refractivity contribution in [2.24, 2.45) is 0 Å². The van der Waals surface area contributed by atoms with E-state index in [-0.39, 0.29) is 0 Å². The summed E-state index contributed by atoms with van der Waals surface area (Å²) in [6.07, 6.45) is 8.51. The monoisotopic (exact) mass is 231 g/mol. The van der Waals surface area contributed by atoms with Crippen LogP contribution in [0.25, 0.3) is 0 Å². The van der Waals surface area contributed by atoms with Gasteiger partial charge in [0.15, 0.2) is 0 Å². The van der Waals surface area contributed by atoms with Crippen LogP contribution in [0.2, 0.25) is 0 Å². The fourth-order valence-electron chi connectivity index (χ4n) is 2.36. The number of hydrogen-bond donors (Lipinski definition) is 1. The van der Waals surface area contributed by atoms with Crippen LogP contribution in [0, 0.1) is 0 Å². The van der Waals surface area contributed by atoms with Crippen molar-refractivity contribution in [3.8, 4) is 0 Å². The van der Waals surface area contributed by atoms with Gasteiger partial charge in [0.2, 0.25) is 0 Å². The Morgan fingerprint density at radius 2 is 2.00 bits per heavy atom. The van der Waals surface area contributed by atoms with E-state index in [1.54, 1.807) is 0 Å². The van der Waals surface area contributed by atoms with Crippen LogP contribution in [0.15, 0.2) is 0 Å². The lowest BCUT2D eigenvalue weighted by Gasteiger charge is -2.23. The molecule has 0 radical (unpaired) electrons. The number of nitrogens with one attached hydrogen (secondary N) is 1. The van der Waals surface area contributed by atoms with Crippen molar-refractivity contribution in [1.29, 1.82) is 0 Å². The lowest BCUT2D eigenvalue weighted by molar-refractivity contribution is 0.499. The SMILES string of the molecule is CCCCS(=O)C1CCCCCC1NC. The fourth-order valence-corrected chi connectivity index (χ4v) is 4.30. The Labute approximate surface area is 96.7 Å². The molecule has 0 heterocycles. The minimum absolute atomic E-state index is 0.407. The molecule has 1 rings (SSSR count). The topological polar surface area (TPSA) is 29.1 Å². The van der Waals surface area contributed by atoms with Gasteiger partial charge < -0.3 is 5.32 Å². The average molecular weight is 231 g/mol. The summed E-state index contributed by atoms with van der Waals surface area (Å²) in [7, 11) is 1.40. The van der Waals surface area contributed by atoms with Crippen molar-refractivity contribution in [2.45, 2.75) is 63.2 Å². The first kappa shape index (κ1) is 13.2. The van der Waals surface area contributed by atoms with Crippen LogP contribution in [0.3, 0.4) is 0 Å². The predicted octanol–water partition coefficient (Wildman–Crippen LogP) is 2.46. The van der Waals surface area contributed by atoms with Crippen molar-refractivity contribution in [3.63, 3.8) is 0 Å². The summed E-state index contributed by atoms with van der Waals surface area (Å²) in [4.78, 5) is 0. The summed E-state index contributed by atoms with van der Waals surface area (Å²) < 4.78 is 12.2. The standard InChI is InChI=1S/C12H25NOS/c1-3-4-10-15(14)12-9-7-5-6-8-11(12)13-2/h11-13H,3-10H2,1-2H3. The van der Waals surface area contributed by atoms with Gasteiger partial charge in [0.25, 0.3) is 0 Å². The van der Waals surface area contributed by atoms with E-state index in [0.29, 0.717) is 11.3 Å². The molecule has 1 aliphatic carbocycles. The summed E-state index contributed by atoms with van der Waals surface area (Å²) in [5, 5.41) is 3.76. The Kier molecular flexibility index (Phi) is 6.50. The Bertz CT molecular complexity index is 196. The number of rotatable bonds is 5. The minimum Gasteiger partial charge on any atom is -0.316 e. The molecule has 0 spiro atoms. The molecule has 1 saturated carbocycles. The zero-order valence-electron chi connectivity index (χ0n) is 10.1. The first-order valence-corrected chi connectivity index (χ1v) is 7.72. The maximum Gasteiger partial charge on any atom is 0.0501 e. The van der Waals surface area contributed by atoms with Gasteiger partial charge in [-0.2, -0.15) is 0 Å². The zero-order chi connectivity index (χ0) is 11.1. The molecule has 0 aromatic carbocycles. The van der Waals surface area contributed by atoms with Crippen LogP contribution in [0.5, 0.6) is 0 Å².